The first-order valence-corrected chi connectivity index (χ1v) is 13.4. The van der Waals surface area contributed by atoms with Crippen LogP contribution in [-0.2, 0) is 16.9 Å². The molecule has 0 aliphatic rings. The number of benzene rings is 2. The van der Waals surface area contributed by atoms with Gasteiger partial charge in [0.05, 0.1) is 42.2 Å². The van der Waals surface area contributed by atoms with Gasteiger partial charge in [0.2, 0.25) is 0 Å². The number of sulfone groups is 1. The van der Waals surface area contributed by atoms with Crippen molar-refractivity contribution in [1.82, 2.24) is 14.1 Å². The van der Waals surface area contributed by atoms with E-state index in [1.165, 1.54) is 16.2 Å². The summed E-state index contributed by atoms with van der Waals surface area (Å²) in [5.74, 6) is -0.0806. The van der Waals surface area contributed by atoms with Gasteiger partial charge in [-0.2, -0.15) is 0 Å². The summed E-state index contributed by atoms with van der Waals surface area (Å²) in [5, 5.41) is 0. The Kier molecular flexibility index (Phi) is 6.90. The molecule has 2 aromatic carbocycles. The van der Waals surface area contributed by atoms with Crippen LogP contribution in [0.4, 0.5) is 4.39 Å². The molecule has 4 aromatic rings. The van der Waals surface area contributed by atoms with E-state index in [0.29, 0.717) is 45.8 Å². The summed E-state index contributed by atoms with van der Waals surface area (Å²) in [4.78, 5) is 18.0. The molecule has 0 spiro atoms. The monoisotopic (exact) mass is 513 g/mol. The maximum atomic E-state index is 14.8. The van der Waals surface area contributed by atoms with Crippen LogP contribution in [-0.4, -0.2) is 48.3 Å². The molecule has 36 heavy (non-hydrogen) atoms. The van der Waals surface area contributed by atoms with Crippen molar-refractivity contribution >= 4 is 20.9 Å². The van der Waals surface area contributed by atoms with Gasteiger partial charge in [-0.3, -0.25) is 9.13 Å². The smallest absolute Gasteiger partial charge is 0.329 e. The fraction of sp³-hybridized carbons (Fsp3) is 0.308. The molecule has 0 amide bonds. The third-order valence-corrected chi connectivity index (χ3v) is 6.97. The van der Waals surface area contributed by atoms with Crippen molar-refractivity contribution in [3.8, 4) is 22.8 Å². The first-order valence-electron chi connectivity index (χ1n) is 11.4. The highest BCUT2D eigenvalue weighted by atomic mass is 32.2. The number of pyridine rings is 1. The summed E-state index contributed by atoms with van der Waals surface area (Å²) < 4.78 is 53.4. The molecule has 8 nitrogen and oxygen atoms in total. The second-order valence-electron chi connectivity index (χ2n) is 8.64. The van der Waals surface area contributed by atoms with Gasteiger partial charge in [0.1, 0.15) is 15.7 Å². The van der Waals surface area contributed by atoms with Gasteiger partial charge < -0.3 is 9.47 Å². The Morgan fingerprint density at radius 3 is 2.53 bits per heavy atom. The lowest BCUT2D eigenvalue weighted by Gasteiger charge is -2.19. The Morgan fingerprint density at radius 2 is 1.86 bits per heavy atom. The zero-order valence-corrected chi connectivity index (χ0v) is 21.6. The van der Waals surface area contributed by atoms with E-state index in [1.54, 1.807) is 69.4 Å². The average molecular weight is 514 g/mol. The van der Waals surface area contributed by atoms with Gasteiger partial charge in [0.15, 0.2) is 5.75 Å². The Bertz CT molecular complexity index is 1610. The van der Waals surface area contributed by atoms with Crippen molar-refractivity contribution in [3.05, 3.63) is 76.1 Å². The number of methoxy groups -OCH3 is 1. The number of rotatable bonds is 8. The molecule has 0 radical (unpaired) electrons. The first kappa shape index (κ1) is 25.4. The molecular weight excluding hydrogens is 485 g/mol. The topological polar surface area (TPSA) is 92.4 Å². The number of aromatic nitrogens is 3. The van der Waals surface area contributed by atoms with Crippen molar-refractivity contribution in [1.29, 1.82) is 0 Å². The lowest BCUT2D eigenvalue weighted by molar-refractivity contribution is 0.296. The number of hydrogen-bond acceptors (Lipinski definition) is 6. The van der Waals surface area contributed by atoms with Gasteiger partial charge in [-0.25, -0.2) is 22.6 Å². The second-order valence-corrected chi connectivity index (χ2v) is 10.8. The van der Waals surface area contributed by atoms with Crippen LogP contribution in [0.2, 0.25) is 0 Å². The fourth-order valence-electron chi connectivity index (χ4n) is 4.30. The first-order chi connectivity index (χ1) is 17.1. The normalized spacial score (nSPS) is 12.6. The Balaban J connectivity index is 1.94. The minimum Gasteiger partial charge on any atom is -0.491 e. The molecule has 1 atom stereocenters. The summed E-state index contributed by atoms with van der Waals surface area (Å²) in [6, 6.07) is 12.6. The molecule has 0 fully saturated rings. The molecule has 0 saturated carbocycles. The summed E-state index contributed by atoms with van der Waals surface area (Å²) >= 11 is 0. The second kappa shape index (κ2) is 9.77. The van der Waals surface area contributed by atoms with Gasteiger partial charge in [-0.05, 0) is 49.2 Å². The van der Waals surface area contributed by atoms with Crippen LogP contribution in [0.3, 0.4) is 0 Å². The third-order valence-electron chi connectivity index (χ3n) is 6.05. The maximum Gasteiger partial charge on any atom is 0.329 e. The summed E-state index contributed by atoms with van der Waals surface area (Å²) in [7, 11) is -0.446. The van der Waals surface area contributed by atoms with Crippen LogP contribution in [0.1, 0.15) is 24.2 Å². The van der Waals surface area contributed by atoms with Gasteiger partial charge in [-0.1, -0.05) is 24.3 Å². The highest BCUT2D eigenvalue weighted by Gasteiger charge is 2.27. The average Bonchev–Trinajstić information content (AvgIpc) is 3.08. The van der Waals surface area contributed by atoms with Crippen molar-refractivity contribution in [2.45, 2.75) is 19.9 Å². The van der Waals surface area contributed by atoms with Crippen molar-refractivity contribution in [3.63, 3.8) is 0 Å². The molecule has 1 unspecified atom stereocenters. The molecule has 0 saturated heterocycles. The largest absolute Gasteiger partial charge is 0.491 e. The van der Waals surface area contributed by atoms with Crippen molar-refractivity contribution in [2.24, 2.45) is 7.05 Å². The van der Waals surface area contributed by atoms with Gasteiger partial charge in [0, 0.05) is 18.9 Å². The molecule has 0 N–H and O–H groups in total. The SMILES string of the molecule is CCOc1nc(C(CS(C)(=O)=O)n2c(=O)n(C)c3cc(-c4cccc(C)c4F)ccc32)ccc1OC. The summed E-state index contributed by atoms with van der Waals surface area (Å²) in [5.41, 5.74) is 2.51. The number of halogens is 1. The van der Waals surface area contributed by atoms with Crippen LogP contribution in [0.25, 0.3) is 22.2 Å². The molecule has 0 aliphatic carbocycles. The molecule has 4 rings (SSSR count). The van der Waals surface area contributed by atoms with Crippen LogP contribution in [0.5, 0.6) is 11.6 Å². The predicted molar refractivity (Wildman–Crippen MR) is 137 cm³/mol. The Labute approximate surface area is 208 Å². The highest BCUT2D eigenvalue weighted by Crippen LogP contribution is 2.32. The Hall–Kier alpha value is -3.66. The van der Waals surface area contributed by atoms with E-state index in [9.17, 15) is 17.6 Å². The number of hydrogen-bond donors (Lipinski definition) is 0. The van der Waals surface area contributed by atoms with Gasteiger partial charge in [0.25, 0.3) is 5.88 Å². The van der Waals surface area contributed by atoms with Crippen LogP contribution in [0, 0.1) is 12.7 Å². The molecule has 190 valence electrons. The number of fused-ring (bicyclic) bond motifs is 1. The minimum absolute atomic E-state index is 0.210. The highest BCUT2D eigenvalue weighted by molar-refractivity contribution is 7.90. The molecule has 2 heterocycles. The predicted octanol–water partition coefficient (Wildman–Crippen LogP) is 3.89. The lowest BCUT2D eigenvalue weighted by atomic mass is 10.0. The van der Waals surface area contributed by atoms with E-state index >= 15 is 0 Å². The maximum absolute atomic E-state index is 14.8. The molecule has 0 aliphatic heterocycles. The van der Waals surface area contributed by atoms with Crippen LogP contribution in [0.15, 0.2) is 53.3 Å². The summed E-state index contributed by atoms with van der Waals surface area (Å²) in [6.07, 6.45) is 1.11. The van der Waals surface area contributed by atoms with Crippen molar-refractivity contribution < 1.29 is 22.3 Å². The van der Waals surface area contributed by atoms with E-state index in [-0.39, 0.29) is 17.5 Å². The summed E-state index contributed by atoms with van der Waals surface area (Å²) in [6.45, 7) is 3.82. The number of nitrogens with zero attached hydrogens (tertiary/aromatic N) is 3. The molecular formula is C26H28FN3O5S. The van der Waals surface area contributed by atoms with E-state index in [2.05, 4.69) is 4.98 Å². The lowest BCUT2D eigenvalue weighted by Crippen LogP contribution is -2.31. The number of imidazole rings is 1. The molecule has 2 aromatic heterocycles. The van der Waals surface area contributed by atoms with Crippen molar-refractivity contribution in [2.75, 3.05) is 25.7 Å². The van der Waals surface area contributed by atoms with E-state index in [4.69, 9.17) is 9.47 Å². The zero-order valence-electron chi connectivity index (χ0n) is 20.8. The van der Waals surface area contributed by atoms with Crippen LogP contribution < -0.4 is 15.2 Å². The Morgan fingerprint density at radius 1 is 1.11 bits per heavy atom. The number of ether oxygens (including phenoxy) is 2. The van der Waals surface area contributed by atoms with E-state index in [1.807, 2.05) is 0 Å². The van der Waals surface area contributed by atoms with E-state index in [0.717, 1.165) is 6.26 Å². The molecule has 0 bridgehead atoms. The number of aryl methyl sites for hydroxylation is 2. The fourth-order valence-corrected chi connectivity index (χ4v) is 5.20. The molecule has 10 heteroatoms. The third kappa shape index (κ3) is 4.73. The minimum atomic E-state index is -3.53. The zero-order chi connectivity index (χ0) is 26.2. The standard InChI is InChI=1S/C26H28FN3O5S/c1-6-35-25-23(34-4)13-11-19(28-25)22(15-36(5,32)33)30-20-12-10-17(14-21(20)29(3)26(30)31)18-9-7-8-16(2)24(18)27/h7-14,22H,6,15H2,1-5H3. The van der Waals surface area contributed by atoms with Gasteiger partial charge >= 0.3 is 5.69 Å². The quantitative estimate of drug-likeness (QED) is 0.355. The van der Waals surface area contributed by atoms with E-state index < -0.39 is 21.6 Å². The van der Waals surface area contributed by atoms with Gasteiger partial charge in [-0.15, -0.1) is 0 Å². The van der Waals surface area contributed by atoms with Crippen LogP contribution >= 0.6 is 0 Å².